The Labute approximate surface area is 167 Å². The van der Waals surface area contributed by atoms with Crippen LogP contribution in [0.15, 0.2) is 12.2 Å². The van der Waals surface area contributed by atoms with Crippen molar-refractivity contribution in [3.63, 3.8) is 0 Å². The van der Waals surface area contributed by atoms with Crippen molar-refractivity contribution in [2.45, 2.75) is 75.8 Å². The third-order valence-corrected chi connectivity index (χ3v) is 5.96. The second-order valence-corrected chi connectivity index (χ2v) is 7.72. The molecule has 3 rings (SSSR count). The zero-order chi connectivity index (χ0) is 19.9. The smallest absolute Gasteiger partial charge is 0.305 e. The highest BCUT2D eigenvalue weighted by molar-refractivity contribution is 5.69. The molecule has 1 unspecified atom stereocenters. The number of rotatable bonds is 11. The first-order valence-corrected chi connectivity index (χ1v) is 10.4. The number of esters is 1. The number of hydrogen-bond acceptors (Lipinski definition) is 7. The molecular weight excluding hydrogens is 364 g/mol. The fourth-order valence-corrected chi connectivity index (χ4v) is 4.48. The van der Waals surface area contributed by atoms with Gasteiger partial charge < -0.3 is 28.4 Å². The number of allylic oxidation sites excluding steroid dienone is 2. The lowest BCUT2D eigenvalue weighted by Gasteiger charge is -2.35. The number of methoxy groups -OCH3 is 3. The van der Waals surface area contributed by atoms with Crippen LogP contribution in [0.1, 0.15) is 44.9 Å². The quantitative estimate of drug-likeness (QED) is 0.174. The van der Waals surface area contributed by atoms with E-state index in [1.807, 2.05) is 0 Å². The molecular formula is C21H34O7. The maximum Gasteiger partial charge on any atom is 0.305 e. The lowest BCUT2D eigenvalue weighted by Crippen LogP contribution is -2.42. The Bertz CT molecular complexity index is 513. The molecule has 1 saturated carbocycles. The van der Waals surface area contributed by atoms with Crippen molar-refractivity contribution in [3.05, 3.63) is 12.2 Å². The van der Waals surface area contributed by atoms with Crippen LogP contribution >= 0.6 is 0 Å². The van der Waals surface area contributed by atoms with Gasteiger partial charge in [-0.05, 0) is 38.5 Å². The largest absolute Gasteiger partial charge is 0.469 e. The highest BCUT2D eigenvalue weighted by atomic mass is 16.7. The summed E-state index contributed by atoms with van der Waals surface area (Å²) in [7, 11) is 4.77. The first kappa shape index (κ1) is 21.7. The standard InChI is InChI=1S/C21H34O7/c1-23-15(22)11-7-5-4-6-10-14-17(21(24-2)25-3)19(20-18(14)28-20)27-16-12-8-9-13-26-16/h4,6,14,16-21H,5,7-13H2,1-3H3/t14-,16?,17-,18-,19+,20-/m1/s1. The number of ether oxygens (including phenoxy) is 6. The van der Waals surface area contributed by atoms with E-state index in [1.165, 1.54) is 7.11 Å². The molecule has 3 aliphatic rings. The van der Waals surface area contributed by atoms with Gasteiger partial charge >= 0.3 is 5.97 Å². The van der Waals surface area contributed by atoms with Gasteiger partial charge in [0.2, 0.25) is 0 Å². The Morgan fingerprint density at radius 3 is 2.64 bits per heavy atom. The van der Waals surface area contributed by atoms with Crippen LogP contribution < -0.4 is 0 Å². The topological polar surface area (TPSA) is 75.8 Å². The van der Waals surface area contributed by atoms with Gasteiger partial charge in [-0.25, -0.2) is 0 Å². The molecule has 0 aromatic rings. The third kappa shape index (κ3) is 5.33. The minimum absolute atomic E-state index is 0.0734. The Balaban J connectivity index is 1.55. The molecule has 7 nitrogen and oxygen atoms in total. The zero-order valence-corrected chi connectivity index (χ0v) is 17.2. The molecule has 3 fully saturated rings. The summed E-state index contributed by atoms with van der Waals surface area (Å²) in [5, 5.41) is 0. The maximum absolute atomic E-state index is 11.2. The van der Waals surface area contributed by atoms with Crippen LogP contribution in [-0.2, 0) is 33.2 Å². The summed E-state index contributed by atoms with van der Waals surface area (Å²) in [6.07, 6.45) is 10.2. The van der Waals surface area contributed by atoms with Crippen molar-refractivity contribution in [2.24, 2.45) is 11.8 Å². The van der Waals surface area contributed by atoms with Crippen LogP contribution in [0.3, 0.4) is 0 Å². The van der Waals surface area contributed by atoms with E-state index in [2.05, 4.69) is 16.9 Å². The van der Waals surface area contributed by atoms with Crippen molar-refractivity contribution < 1.29 is 33.2 Å². The van der Waals surface area contributed by atoms with Gasteiger partial charge in [0.25, 0.3) is 0 Å². The molecule has 0 amide bonds. The van der Waals surface area contributed by atoms with E-state index in [-0.39, 0.29) is 48.7 Å². The van der Waals surface area contributed by atoms with Crippen LogP contribution in [0.25, 0.3) is 0 Å². The normalized spacial score (nSPS) is 34.7. The van der Waals surface area contributed by atoms with E-state index in [9.17, 15) is 4.79 Å². The third-order valence-electron chi connectivity index (χ3n) is 5.96. The summed E-state index contributed by atoms with van der Waals surface area (Å²) in [5.74, 6) is 0.218. The van der Waals surface area contributed by atoms with Gasteiger partial charge in [0, 0.05) is 39.1 Å². The van der Waals surface area contributed by atoms with Gasteiger partial charge in [-0.15, -0.1) is 0 Å². The van der Waals surface area contributed by atoms with Gasteiger partial charge in [0.05, 0.1) is 19.3 Å². The lowest BCUT2D eigenvalue weighted by molar-refractivity contribution is -0.238. The van der Waals surface area contributed by atoms with Crippen LogP contribution in [0.4, 0.5) is 0 Å². The molecule has 0 aromatic carbocycles. The van der Waals surface area contributed by atoms with Crippen molar-refractivity contribution in [1.82, 2.24) is 0 Å². The highest BCUT2D eigenvalue weighted by Crippen LogP contribution is 2.52. The molecule has 1 aliphatic carbocycles. The molecule has 6 atom stereocenters. The lowest BCUT2D eigenvalue weighted by atomic mass is 9.89. The van der Waals surface area contributed by atoms with Crippen LogP contribution in [-0.4, -0.2) is 64.8 Å². The Morgan fingerprint density at radius 1 is 1.14 bits per heavy atom. The molecule has 0 radical (unpaired) electrons. The first-order chi connectivity index (χ1) is 13.7. The minimum atomic E-state index is -0.331. The average molecular weight is 398 g/mol. The van der Waals surface area contributed by atoms with Crippen molar-refractivity contribution in [2.75, 3.05) is 27.9 Å². The van der Waals surface area contributed by atoms with Gasteiger partial charge in [-0.3, -0.25) is 4.79 Å². The van der Waals surface area contributed by atoms with Gasteiger partial charge in [-0.1, -0.05) is 12.2 Å². The number of hydrogen-bond donors (Lipinski definition) is 0. The summed E-state index contributed by atoms with van der Waals surface area (Å²) in [6, 6.07) is 0. The summed E-state index contributed by atoms with van der Waals surface area (Å²) < 4.78 is 33.9. The van der Waals surface area contributed by atoms with Gasteiger partial charge in [-0.2, -0.15) is 0 Å². The number of carbonyl (C=O) groups is 1. The fourth-order valence-electron chi connectivity index (χ4n) is 4.48. The predicted octanol–water partition coefficient (Wildman–Crippen LogP) is 2.82. The molecule has 0 aromatic heterocycles. The fraction of sp³-hybridized carbons (Fsp3) is 0.857. The van der Waals surface area contributed by atoms with Crippen LogP contribution in [0.5, 0.6) is 0 Å². The molecule has 2 heterocycles. The number of carbonyl (C=O) groups excluding carboxylic acids is 1. The number of fused-ring (bicyclic) bond motifs is 1. The van der Waals surface area contributed by atoms with E-state index in [4.69, 9.17) is 23.7 Å². The van der Waals surface area contributed by atoms with Crippen molar-refractivity contribution in [1.29, 1.82) is 0 Å². The molecule has 0 bridgehead atoms. The zero-order valence-electron chi connectivity index (χ0n) is 17.2. The predicted molar refractivity (Wildman–Crippen MR) is 102 cm³/mol. The molecule has 28 heavy (non-hydrogen) atoms. The van der Waals surface area contributed by atoms with Gasteiger partial charge in [0.1, 0.15) is 6.10 Å². The molecule has 7 heteroatoms. The Kier molecular flexibility index (Phi) is 8.29. The number of unbranched alkanes of at least 4 members (excludes halogenated alkanes) is 1. The van der Waals surface area contributed by atoms with E-state index in [1.54, 1.807) is 14.2 Å². The SMILES string of the molecule is COC(=O)CCCC=CC[C@H]1[C@H]2O[C@H]2[C@@H](OC2CCCCO2)[C@@H]1C(OC)OC. The van der Waals surface area contributed by atoms with Crippen molar-refractivity contribution >= 4 is 5.97 Å². The first-order valence-electron chi connectivity index (χ1n) is 10.4. The molecule has 0 spiro atoms. The Hall–Kier alpha value is -0.990. The minimum Gasteiger partial charge on any atom is -0.469 e. The summed E-state index contributed by atoms with van der Waals surface area (Å²) in [6.45, 7) is 0.757. The average Bonchev–Trinajstić information content (AvgIpc) is 3.46. The second-order valence-electron chi connectivity index (χ2n) is 7.72. The van der Waals surface area contributed by atoms with E-state index in [0.29, 0.717) is 6.42 Å². The van der Waals surface area contributed by atoms with Crippen LogP contribution in [0.2, 0.25) is 0 Å². The van der Waals surface area contributed by atoms with E-state index >= 15 is 0 Å². The van der Waals surface area contributed by atoms with E-state index < -0.39 is 0 Å². The van der Waals surface area contributed by atoms with Crippen LogP contribution in [0, 0.1) is 11.8 Å². The van der Waals surface area contributed by atoms with Gasteiger partial charge in [0.15, 0.2) is 12.6 Å². The van der Waals surface area contributed by atoms with E-state index in [0.717, 1.165) is 45.1 Å². The highest BCUT2D eigenvalue weighted by Gasteiger charge is 2.64. The second kappa shape index (κ2) is 10.7. The van der Waals surface area contributed by atoms with Crippen molar-refractivity contribution in [3.8, 4) is 0 Å². The summed E-state index contributed by atoms with van der Waals surface area (Å²) in [4.78, 5) is 11.2. The summed E-state index contributed by atoms with van der Waals surface area (Å²) >= 11 is 0. The molecule has 2 saturated heterocycles. The number of epoxide rings is 1. The summed E-state index contributed by atoms with van der Waals surface area (Å²) in [5.41, 5.74) is 0. The maximum atomic E-state index is 11.2. The molecule has 0 N–H and O–H groups in total. The molecule has 2 aliphatic heterocycles. The molecule has 160 valence electrons. The Morgan fingerprint density at radius 2 is 1.96 bits per heavy atom. The monoisotopic (exact) mass is 398 g/mol.